The van der Waals surface area contributed by atoms with Crippen LogP contribution in [0, 0.1) is 6.92 Å². The molecular weight excluding hydrogens is 312 g/mol. The summed E-state index contributed by atoms with van der Waals surface area (Å²) in [5.41, 5.74) is 0.809. The van der Waals surface area contributed by atoms with E-state index in [2.05, 4.69) is 15.5 Å². The van der Waals surface area contributed by atoms with E-state index in [-0.39, 0.29) is 11.9 Å². The Labute approximate surface area is 139 Å². The Morgan fingerprint density at radius 1 is 1.39 bits per heavy atom. The molecule has 1 aromatic heterocycles. The van der Waals surface area contributed by atoms with Crippen LogP contribution in [0.3, 0.4) is 0 Å². The summed E-state index contributed by atoms with van der Waals surface area (Å²) in [6.45, 7) is 3.16. The number of benzene rings is 1. The van der Waals surface area contributed by atoms with Crippen LogP contribution in [0.5, 0.6) is 0 Å². The number of urea groups is 1. The molecule has 1 aliphatic heterocycles. The highest BCUT2D eigenvalue weighted by atomic mass is 32.2. The highest BCUT2D eigenvalue weighted by molar-refractivity contribution is 7.98. The summed E-state index contributed by atoms with van der Waals surface area (Å²) in [5, 5.41) is 6.79. The number of aryl methyl sites for hydroxylation is 1. The molecule has 2 aromatic rings. The largest absolute Gasteiger partial charge is 0.339 e. The maximum absolute atomic E-state index is 12.4. The van der Waals surface area contributed by atoms with Gasteiger partial charge in [-0.3, -0.25) is 0 Å². The molecule has 7 heteroatoms. The van der Waals surface area contributed by atoms with E-state index in [0.717, 1.165) is 25.1 Å². The molecule has 2 amide bonds. The third-order valence-corrected chi connectivity index (χ3v) is 4.69. The number of amides is 2. The number of hydrogen-bond acceptors (Lipinski definition) is 5. The van der Waals surface area contributed by atoms with Crippen molar-refractivity contribution in [2.75, 3.05) is 24.7 Å². The smallest absolute Gasteiger partial charge is 0.321 e. The number of likely N-dealkylation sites (tertiary alicyclic amines) is 1. The number of carbonyl (C=O) groups excluding carboxylic acids is 1. The van der Waals surface area contributed by atoms with Crippen molar-refractivity contribution < 1.29 is 9.32 Å². The first-order valence-corrected chi connectivity index (χ1v) is 8.88. The molecule has 2 heterocycles. The Kier molecular flexibility index (Phi) is 4.85. The molecule has 0 aliphatic carbocycles. The lowest BCUT2D eigenvalue weighted by Gasteiger charge is -2.31. The summed E-state index contributed by atoms with van der Waals surface area (Å²) >= 11 is 1.68. The fourth-order valence-corrected chi connectivity index (χ4v) is 3.13. The molecule has 0 saturated carbocycles. The van der Waals surface area contributed by atoms with Crippen molar-refractivity contribution in [3.8, 4) is 0 Å². The van der Waals surface area contributed by atoms with Gasteiger partial charge in [0.2, 0.25) is 5.89 Å². The molecular formula is C16H20N4O2S. The Bertz CT molecular complexity index is 671. The summed E-state index contributed by atoms with van der Waals surface area (Å²) in [6.07, 6.45) is 3.93. The quantitative estimate of drug-likeness (QED) is 0.871. The third kappa shape index (κ3) is 3.85. The van der Waals surface area contributed by atoms with Crippen LogP contribution in [0.25, 0.3) is 0 Å². The lowest BCUT2D eigenvalue weighted by atomic mass is 9.98. The van der Waals surface area contributed by atoms with Gasteiger partial charge in [-0.1, -0.05) is 5.16 Å². The Morgan fingerprint density at radius 2 is 2.17 bits per heavy atom. The van der Waals surface area contributed by atoms with E-state index in [0.29, 0.717) is 18.3 Å². The number of nitrogens with one attached hydrogen (secondary N) is 1. The molecule has 1 aromatic carbocycles. The Morgan fingerprint density at radius 3 is 2.83 bits per heavy atom. The van der Waals surface area contributed by atoms with E-state index in [1.165, 1.54) is 4.90 Å². The van der Waals surface area contributed by atoms with Gasteiger partial charge in [-0.15, -0.1) is 11.8 Å². The summed E-state index contributed by atoms with van der Waals surface area (Å²) in [6, 6.07) is 7.77. The van der Waals surface area contributed by atoms with Crippen molar-refractivity contribution >= 4 is 23.5 Å². The standard InChI is InChI=1S/C16H20N4O2S/c1-11-17-15(22-19-11)12-4-3-9-20(10-12)16(21)18-13-5-7-14(23-2)8-6-13/h5-8,12H,3-4,9-10H2,1-2H3,(H,18,21)/t12-/m1/s1. The highest BCUT2D eigenvalue weighted by Crippen LogP contribution is 2.26. The molecule has 6 nitrogen and oxygen atoms in total. The molecule has 0 radical (unpaired) electrons. The van der Waals surface area contributed by atoms with Gasteiger partial charge >= 0.3 is 6.03 Å². The summed E-state index contributed by atoms with van der Waals surface area (Å²) in [4.78, 5) is 19.7. The molecule has 0 spiro atoms. The lowest BCUT2D eigenvalue weighted by molar-refractivity contribution is 0.184. The predicted molar refractivity (Wildman–Crippen MR) is 89.8 cm³/mol. The number of aromatic nitrogens is 2. The van der Waals surface area contributed by atoms with Crippen molar-refractivity contribution in [2.45, 2.75) is 30.6 Å². The summed E-state index contributed by atoms with van der Waals surface area (Å²) in [7, 11) is 0. The van der Waals surface area contributed by atoms with Gasteiger partial charge in [0.05, 0.1) is 5.92 Å². The topological polar surface area (TPSA) is 71.3 Å². The van der Waals surface area contributed by atoms with Crippen LogP contribution in [-0.4, -0.2) is 40.4 Å². The molecule has 0 unspecified atom stereocenters. The zero-order valence-electron chi connectivity index (χ0n) is 13.3. The minimum absolute atomic E-state index is 0.0807. The second-order valence-electron chi connectivity index (χ2n) is 5.62. The van der Waals surface area contributed by atoms with Crippen molar-refractivity contribution in [2.24, 2.45) is 0 Å². The fourth-order valence-electron chi connectivity index (χ4n) is 2.72. The zero-order chi connectivity index (χ0) is 16.2. The average molecular weight is 332 g/mol. The van der Waals surface area contributed by atoms with E-state index in [4.69, 9.17) is 4.52 Å². The zero-order valence-corrected chi connectivity index (χ0v) is 14.1. The number of nitrogens with zero attached hydrogens (tertiary/aromatic N) is 3. The highest BCUT2D eigenvalue weighted by Gasteiger charge is 2.28. The van der Waals surface area contributed by atoms with Gasteiger partial charge in [-0.05, 0) is 50.3 Å². The third-order valence-electron chi connectivity index (χ3n) is 3.94. The number of carbonyl (C=O) groups is 1. The van der Waals surface area contributed by atoms with Crippen molar-refractivity contribution in [1.82, 2.24) is 15.0 Å². The maximum Gasteiger partial charge on any atom is 0.321 e. The van der Waals surface area contributed by atoms with Gasteiger partial charge in [0.15, 0.2) is 5.82 Å². The van der Waals surface area contributed by atoms with Gasteiger partial charge in [0, 0.05) is 23.7 Å². The summed E-state index contributed by atoms with van der Waals surface area (Å²) in [5.74, 6) is 1.38. The van der Waals surface area contributed by atoms with Crippen LogP contribution in [0.15, 0.2) is 33.7 Å². The Hall–Kier alpha value is -2.02. The SMILES string of the molecule is CSc1ccc(NC(=O)N2CCC[C@@H](c3nc(C)no3)C2)cc1. The van der Waals surface area contributed by atoms with Crippen molar-refractivity contribution in [1.29, 1.82) is 0 Å². The van der Waals surface area contributed by atoms with Gasteiger partial charge in [-0.2, -0.15) is 4.98 Å². The maximum atomic E-state index is 12.4. The van der Waals surface area contributed by atoms with Crippen LogP contribution < -0.4 is 5.32 Å². The minimum atomic E-state index is -0.0807. The first-order valence-electron chi connectivity index (χ1n) is 7.66. The molecule has 1 aliphatic rings. The van der Waals surface area contributed by atoms with E-state index >= 15 is 0 Å². The number of piperidine rings is 1. The molecule has 23 heavy (non-hydrogen) atoms. The van der Waals surface area contributed by atoms with E-state index in [1.54, 1.807) is 18.7 Å². The molecule has 1 fully saturated rings. The molecule has 1 N–H and O–H groups in total. The first kappa shape index (κ1) is 15.9. The minimum Gasteiger partial charge on any atom is -0.339 e. The molecule has 1 atom stereocenters. The number of thioether (sulfide) groups is 1. The van der Waals surface area contributed by atoms with Gasteiger partial charge in [0.1, 0.15) is 0 Å². The first-order chi connectivity index (χ1) is 11.2. The van der Waals surface area contributed by atoms with Gasteiger partial charge < -0.3 is 14.7 Å². The second kappa shape index (κ2) is 7.04. The molecule has 122 valence electrons. The molecule has 1 saturated heterocycles. The van der Waals surface area contributed by atoms with Crippen LogP contribution in [0.1, 0.15) is 30.5 Å². The normalized spacial score (nSPS) is 18.0. The summed E-state index contributed by atoms with van der Waals surface area (Å²) < 4.78 is 5.25. The number of rotatable bonds is 3. The van der Waals surface area contributed by atoms with E-state index < -0.39 is 0 Å². The average Bonchev–Trinajstić information content (AvgIpc) is 3.02. The predicted octanol–water partition coefficient (Wildman–Crippen LogP) is 3.51. The number of anilines is 1. The molecule has 0 bridgehead atoms. The van der Waals surface area contributed by atoms with E-state index in [1.807, 2.05) is 35.4 Å². The van der Waals surface area contributed by atoms with Crippen LogP contribution in [0.4, 0.5) is 10.5 Å². The molecule has 3 rings (SSSR count). The second-order valence-corrected chi connectivity index (χ2v) is 6.50. The van der Waals surface area contributed by atoms with Crippen LogP contribution in [-0.2, 0) is 0 Å². The van der Waals surface area contributed by atoms with Crippen LogP contribution >= 0.6 is 11.8 Å². The van der Waals surface area contributed by atoms with Crippen molar-refractivity contribution in [3.63, 3.8) is 0 Å². The Balaban J connectivity index is 1.62. The van der Waals surface area contributed by atoms with Crippen LogP contribution in [0.2, 0.25) is 0 Å². The van der Waals surface area contributed by atoms with Gasteiger partial charge in [0.25, 0.3) is 0 Å². The van der Waals surface area contributed by atoms with E-state index in [9.17, 15) is 4.79 Å². The number of hydrogen-bond donors (Lipinski definition) is 1. The lowest BCUT2D eigenvalue weighted by Crippen LogP contribution is -2.41. The van der Waals surface area contributed by atoms with Crippen molar-refractivity contribution in [3.05, 3.63) is 36.0 Å². The monoisotopic (exact) mass is 332 g/mol. The van der Waals surface area contributed by atoms with Gasteiger partial charge in [-0.25, -0.2) is 4.79 Å². The fraction of sp³-hybridized carbons (Fsp3) is 0.438.